The molecule has 2 fully saturated rings. The van der Waals surface area contributed by atoms with Crippen LogP contribution in [-0.2, 0) is 20.8 Å². The molecule has 2 N–H and O–H groups in total. The second kappa shape index (κ2) is 9.98. The molecule has 0 bridgehead atoms. The van der Waals surface area contributed by atoms with Gasteiger partial charge in [0.25, 0.3) is 0 Å². The Morgan fingerprint density at radius 1 is 0.970 bits per heavy atom. The lowest BCUT2D eigenvalue weighted by atomic mass is 9.69. The van der Waals surface area contributed by atoms with Crippen LogP contribution >= 0.6 is 0 Å². The van der Waals surface area contributed by atoms with Gasteiger partial charge in [-0.15, -0.1) is 0 Å². The molecule has 1 aromatic carbocycles. The van der Waals surface area contributed by atoms with Crippen LogP contribution in [0.4, 0.5) is 0 Å². The minimum absolute atomic E-state index is 0.207. The lowest BCUT2D eigenvalue weighted by Crippen LogP contribution is -2.61. The minimum Gasteiger partial charge on any atom is -0.477 e. The Balaban J connectivity index is 2.07. The molecular formula is C27H39NO5. The molecule has 0 aromatic heterocycles. The summed E-state index contributed by atoms with van der Waals surface area (Å²) in [6.07, 6.45) is 7.87. The van der Waals surface area contributed by atoms with E-state index in [1.54, 1.807) is 0 Å². The van der Waals surface area contributed by atoms with Gasteiger partial charge >= 0.3 is 11.9 Å². The van der Waals surface area contributed by atoms with E-state index in [-0.39, 0.29) is 12.0 Å². The monoisotopic (exact) mass is 457 g/mol. The van der Waals surface area contributed by atoms with Crippen LogP contribution in [0.15, 0.2) is 29.8 Å². The maximum Gasteiger partial charge on any atom is 0.343 e. The summed E-state index contributed by atoms with van der Waals surface area (Å²) in [7, 11) is 0. The fourth-order valence-corrected chi connectivity index (χ4v) is 6.04. The number of rotatable bonds is 7. The van der Waals surface area contributed by atoms with Crippen LogP contribution in [-0.4, -0.2) is 44.4 Å². The zero-order valence-electron chi connectivity index (χ0n) is 20.7. The number of carbonyl (C=O) groups is 2. The molecule has 2 aliphatic rings. The summed E-state index contributed by atoms with van der Waals surface area (Å²) in [6.45, 7) is 10.5. The smallest absolute Gasteiger partial charge is 0.343 e. The number of piperidine rings is 1. The molecule has 1 aliphatic heterocycles. The fraction of sp³-hybridized carbons (Fsp3) is 0.630. The Labute approximate surface area is 197 Å². The lowest BCUT2D eigenvalue weighted by Gasteiger charge is -2.55. The van der Waals surface area contributed by atoms with Gasteiger partial charge in [-0.25, -0.2) is 9.59 Å². The molecule has 6 heteroatoms. The number of nitrogens with zero attached hydrogens (tertiary/aromatic N) is 1. The zero-order valence-corrected chi connectivity index (χ0v) is 20.7. The average molecular weight is 458 g/mol. The van der Waals surface area contributed by atoms with Crippen molar-refractivity contribution >= 4 is 17.5 Å². The first kappa shape index (κ1) is 25.4. The Hall–Kier alpha value is -2.18. The summed E-state index contributed by atoms with van der Waals surface area (Å²) in [6, 6.07) is 7.59. The maximum atomic E-state index is 12.2. The van der Waals surface area contributed by atoms with Crippen molar-refractivity contribution in [3.63, 3.8) is 0 Å². The second-order valence-electron chi connectivity index (χ2n) is 10.8. The van der Waals surface area contributed by atoms with Crippen molar-refractivity contribution in [1.29, 1.82) is 0 Å². The first-order valence-corrected chi connectivity index (χ1v) is 12.2. The van der Waals surface area contributed by atoms with Crippen LogP contribution in [0.5, 0.6) is 0 Å². The SMILES string of the molecule is CCc1ccccc1C(=C(C(=O)O)C(=O)O)C1CC(C)(C)N(OC2CCCCC2)C(C)(C)C1. The summed E-state index contributed by atoms with van der Waals surface area (Å²) >= 11 is 0. The number of carboxylic acid groups (broad SMARTS) is 2. The molecular weight excluding hydrogens is 418 g/mol. The van der Waals surface area contributed by atoms with Gasteiger partial charge in [-0.3, -0.25) is 4.84 Å². The molecule has 0 amide bonds. The maximum absolute atomic E-state index is 12.2. The van der Waals surface area contributed by atoms with Gasteiger partial charge in [-0.05, 0) is 82.4 Å². The normalized spacial score (nSPS) is 21.5. The van der Waals surface area contributed by atoms with Crippen molar-refractivity contribution in [2.24, 2.45) is 5.92 Å². The first-order valence-electron chi connectivity index (χ1n) is 12.2. The van der Waals surface area contributed by atoms with Crippen molar-refractivity contribution in [2.75, 3.05) is 0 Å². The first-order chi connectivity index (χ1) is 15.5. The number of allylic oxidation sites excluding steroid dienone is 1. The quantitative estimate of drug-likeness (QED) is 0.310. The van der Waals surface area contributed by atoms with E-state index in [4.69, 9.17) is 4.84 Å². The predicted octanol–water partition coefficient (Wildman–Crippen LogP) is 5.71. The Kier molecular flexibility index (Phi) is 7.69. The van der Waals surface area contributed by atoms with E-state index in [0.717, 1.165) is 24.0 Å². The molecule has 0 radical (unpaired) electrons. The third kappa shape index (κ3) is 5.49. The number of hydroxylamine groups is 2. The standard InChI is InChI=1S/C27H39NO5/c1-6-18-12-10-11-15-21(18)22(23(24(29)30)25(31)32)19-16-26(2,3)28(27(4,5)17-19)33-20-13-8-7-9-14-20/h10-12,15,19-20H,6-9,13-14,16-17H2,1-5H3,(H,29,30)(H,31,32). The van der Waals surface area contributed by atoms with Crippen LogP contribution in [0, 0.1) is 5.92 Å². The number of aryl methyl sites for hydroxylation is 1. The van der Waals surface area contributed by atoms with Crippen molar-refractivity contribution in [3.05, 3.63) is 41.0 Å². The molecule has 0 atom stereocenters. The second-order valence-corrected chi connectivity index (χ2v) is 10.8. The van der Waals surface area contributed by atoms with E-state index >= 15 is 0 Å². The third-order valence-corrected chi connectivity index (χ3v) is 7.19. The van der Waals surface area contributed by atoms with Gasteiger partial charge in [0.1, 0.15) is 5.57 Å². The van der Waals surface area contributed by atoms with Gasteiger partial charge in [-0.1, -0.05) is 50.5 Å². The highest BCUT2D eigenvalue weighted by Gasteiger charge is 2.49. The topological polar surface area (TPSA) is 87.1 Å². The zero-order chi connectivity index (χ0) is 24.4. The van der Waals surface area contributed by atoms with E-state index in [0.29, 0.717) is 24.8 Å². The minimum atomic E-state index is -1.39. The van der Waals surface area contributed by atoms with Crippen LogP contribution in [0.25, 0.3) is 5.57 Å². The molecule has 6 nitrogen and oxygen atoms in total. The average Bonchev–Trinajstić information content (AvgIpc) is 2.74. The number of aliphatic carboxylic acids is 2. The van der Waals surface area contributed by atoms with Crippen molar-refractivity contribution in [1.82, 2.24) is 5.06 Å². The van der Waals surface area contributed by atoms with Crippen LogP contribution in [0.1, 0.15) is 90.7 Å². The highest BCUT2D eigenvalue weighted by Crippen LogP contribution is 2.48. The summed E-state index contributed by atoms with van der Waals surface area (Å²) in [5.41, 5.74) is 0.832. The lowest BCUT2D eigenvalue weighted by molar-refractivity contribution is -0.311. The molecule has 0 unspecified atom stereocenters. The van der Waals surface area contributed by atoms with Gasteiger partial charge < -0.3 is 10.2 Å². The molecule has 1 saturated heterocycles. The molecule has 1 aliphatic carbocycles. The van der Waals surface area contributed by atoms with Crippen LogP contribution in [0.2, 0.25) is 0 Å². The van der Waals surface area contributed by atoms with E-state index in [2.05, 4.69) is 32.8 Å². The molecule has 3 rings (SSSR count). The van der Waals surface area contributed by atoms with Gasteiger partial charge in [0.15, 0.2) is 0 Å². The van der Waals surface area contributed by atoms with Gasteiger partial charge in [0.2, 0.25) is 0 Å². The number of hydrogen-bond acceptors (Lipinski definition) is 4. The highest BCUT2D eigenvalue weighted by atomic mass is 16.7. The number of hydrogen-bond donors (Lipinski definition) is 2. The molecule has 33 heavy (non-hydrogen) atoms. The van der Waals surface area contributed by atoms with Crippen molar-refractivity contribution in [2.45, 2.75) is 103 Å². The number of benzene rings is 1. The fourth-order valence-electron chi connectivity index (χ4n) is 6.04. The van der Waals surface area contributed by atoms with E-state index in [1.807, 2.05) is 31.2 Å². The Morgan fingerprint density at radius 2 is 1.52 bits per heavy atom. The van der Waals surface area contributed by atoms with Crippen LogP contribution in [0.3, 0.4) is 0 Å². The summed E-state index contributed by atoms with van der Waals surface area (Å²) in [5.74, 6) is -3.00. The molecule has 182 valence electrons. The van der Waals surface area contributed by atoms with Crippen molar-refractivity contribution < 1.29 is 24.6 Å². The predicted molar refractivity (Wildman–Crippen MR) is 129 cm³/mol. The van der Waals surface area contributed by atoms with Crippen molar-refractivity contribution in [3.8, 4) is 0 Å². The van der Waals surface area contributed by atoms with E-state index in [9.17, 15) is 19.8 Å². The molecule has 1 saturated carbocycles. The molecule has 1 heterocycles. The largest absolute Gasteiger partial charge is 0.477 e. The van der Waals surface area contributed by atoms with Gasteiger partial charge in [0, 0.05) is 11.1 Å². The molecule has 0 spiro atoms. The summed E-state index contributed by atoms with van der Waals surface area (Å²) in [4.78, 5) is 30.9. The summed E-state index contributed by atoms with van der Waals surface area (Å²) in [5, 5.41) is 22.0. The van der Waals surface area contributed by atoms with E-state index < -0.39 is 28.6 Å². The van der Waals surface area contributed by atoms with Crippen LogP contribution < -0.4 is 0 Å². The molecule has 1 aromatic rings. The third-order valence-electron chi connectivity index (χ3n) is 7.19. The van der Waals surface area contributed by atoms with Gasteiger partial charge in [-0.2, -0.15) is 5.06 Å². The Morgan fingerprint density at radius 3 is 2.03 bits per heavy atom. The highest BCUT2D eigenvalue weighted by molar-refractivity contribution is 6.19. The summed E-state index contributed by atoms with van der Waals surface area (Å²) < 4.78 is 0. The number of carboxylic acids is 2. The Bertz CT molecular complexity index is 877. The van der Waals surface area contributed by atoms with E-state index in [1.165, 1.54) is 19.3 Å². The van der Waals surface area contributed by atoms with Gasteiger partial charge in [0.05, 0.1) is 6.10 Å².